The van der Waals surface area contributed by atoms with E-state index in [0.29, 0.717) is 18.1 Å². The summed E-state index contributed by atoms with van der Waals surface area (Å²) in [5.74, 6) is 6.74. The lowest BCUT2D eigenvalue weighted by atomic mass is 9.89. The van der Waals surface area contributed by atoms with Crippen molar-refractivity contribution in [1.82, 2.24) is 9.97 Å². The molecule has 0 amide bonds. The third-order valence-corrected chi connectivity index (χ3v) is 4.43. The molecule has 1 aliphatic carbocycles. The van der Waals surface area contributed by atoms with Crippen LogP contribution in [0.2, 0.25) is 0 Å². The third-order valence-electron chi connectivity index (χ3n) is 3.48. The average Bonchev–Trinajstić information content (AvgIpc) is 2.76. The number of nitrogens with two attached hydrogens (primary N) is 1. The van der Waals surface area contributed by atoms with Crippen LogP contribution in [0.25, 0.3) is 10.2 Å². The van der Waals surface area contributed by atoms with Crippen molar-refractivity contribution in [2.75, 3.05) is 17.3 Å². The summed E-state index contributed by atoms with van der Waals surface area (Å²) in [5, 5.41) is 4.54. The first-order valence-electron chi connectivity index (χ1n) is 6.82. The van der Waals surface area contributed by atoms with Gasteiger partial charge in [-0.25, -0.2) is 10.8 Å². The Bertz CT molecular complexity index is 608. The van der Waals surface area contributed by atoms with Crippen LogP contribution in [0.1, 0.15) is 24.6 Å². The molecule has 0 saturated heterocycles. The van der Waals surface area contributed by atoms with E-state index in [9.17, 15) is 0 Å². The molecule has 2 aromatic heterocycles. The predicted molar refractivity (Wildman–Crippen MR) is 82.0 cm³/mol. The number of ether oxygens (including phenoxy) is 1. The fraction of sp³-hybridized carbons (Fsp3) is 0.538. The zero-order valence-electron chi connectivity index (χ0n) is 11.6. The Morgan fingerprint density at radius 1 is 1.45 bits per heavy atom. The molecule has 0 aromatic carbocycles. The monoisotopic (exact) mass is 293 g/mol. The molecule has 3 rings (SSSR count). The number of rotatable bonds is 5. The molecule has 1 fully saturated rings. The largest absolute Gasteiger partial charge is 0.378 e. The molecular weight excluding hydrogens is 274 g/mol. The number of thiophene rings is 1. The minimum atomic E-state index is 0.381. The maximum Gasteiger partial charge on any atom is 0.240 e. The van der Waals surface area contributed by atoms with Gasteiger partial charge in [0.05, 0.1) is 11.5 Å². The number of hydrogen-bond acceptors (Lipinski definition) is 7. The third kappa shape index (κ3) is 2.56. The van der Waals surface area contributed by atoms with Gasteiger partial charge in [-0.3, -0.25) is 5.43 Å². The van der Waals surface area contributed by atoms with Crippen LogP contribution < -0.4 is 16.6 Å². The van der Waals surface area contributed by atoms with Crippen LogP contribution in [-0.2, 0) is 4.74 Å². The molecule has 108 valence electrons. The second kappa shape index (κ2) is 5.51. The predicted octanol–water partition coefficient (Wildman–Crippen LogP) is 2.26. The van der Waals surface area contributed by atoms with Crippen LogP contribution in [0.4, 0.5) is 11.8 Å². The van der Waals surface area contributed by atoms with Gasteiger partial charge in [-0.05, 0) is 32.8 Å². The molecule has 20 heavy (non-hydrogen) atoms. The molecule has 7 heteroatoms. The van der Waals surface area contributed by atoms with Gasteiger partial charge in [0.1, 0.15) is 10.6 Å². The van der Waals surface area contributed by atoms with Crippen LogP contribution >= 0.6 is 11.3 Å². The molecule has 2 heterocycles. The van der Waals surface area contributed by atoms with Gasteiger partial charge in [-0.2, -0.15) is 4.98 Å². The Balaban J connectivity index is 1.80. The Labute approximate surface area is 121 Å². The minimum absolute atomic E-state index is 0.381. The fourth-order valence-corrected chi connectivity index (χ4v) is 3.34. The van der Waals surface area contributed by atoms with Crippen molar-refractivity contribution in [3.63, 3.8) is 0 Å². The number of hydrazine groups is 1. The number of fused-ring (bicyclic) bond motifs is 1. The van der Waals surface area contributed by atoms with Crippen molar-refractivity contribution < 1.29 is 4.74 Å². The lowest BCUT2D eigenvalue weighted by molar-refractivity contribution is 0.00295. The maximum atomic E-state index is 5.58. The van der Waals surface area contributed by atoms with Crippen LogP contribution in [0.3, 0.4) is 0 Å². The van der Waals surface area contributed by atoms with E-state index < -0.39 is 0 Å². The van der Waals surface area contributed by atoms with E-state index in [2.05, 4.69) is 33.7 Å². The van der Waals surface area contributed by atoms with E-state index in [1.165, 1.54) is 4.88 Å². The van der Waals surface area contributed by atoms with Crippen LogP contribution in [-0.4, -0.2) is 28.7 Å². The molecule has 0 bridgehead atoms. The molecule has 4 N–H and O–H groups in total. The molecule has 0 atom stereocenters. The summed E-state index contributed by atoms with van der Waals surface area (Å²) in [6.07, 6.45) is 2.42. The molecule has 0 aliphatic heterocycles. The van der Waals surface area contributed by atoms with Gasteiger partial charge in [-0.15, -0.1) is 11.3 Å². The second-order valence-corrected chi connectivity index (χ2v) is 6.24. The van der Waals surface area contributed by atoms with E-state index in [0.717, 1.165) is 35.5 Å². The Morgan fingerprint density at radius 3 is 2.95 bits per heavy atom. The van der Waals surface area contributed by atoms with Gasteiger partial charge < -0.3 is 10.1 Å². The van der Waals surface area contributed by atoms with Gasteiger partial charge >= 0.3 is 0 Å². The topological polar surface area (TPSA) is 85.1 Å². The molecule has 0 spiro atoms. The maximum absolute atomic E-state index is 5.58. The minimum Gasteiger partial charge on any atom is -0.378 e. The molecule has 1 aliphatic rings. The van der Waals surface area contributed by atoms with E-state index in [-0.39, 0.29) is 0 Å². The second-order valence-electron chi connectivity index (χ2n) is 5.01. The number of nitrogen functional groups attached to an aromatic ring is 1. The zero-order valence-corrected chi connectivity index (χ0v) is 12.5. The first-order chi connectivity index (χ1) is 9.69. The summed E-state index contributed by atoms with van der Waals surface area (Å²) in [6, 6.07) is 2.52. The van der Waals surface area contributed by atoms with Crippen molar-refractivity contribution in [3.05, 3.63) is 10.9 Å². The summed E-state index contributed by atoms with van der Waals surface area (Å²) >= 11 is 1.65. The van der Waals surface area contributed by atoms with E-state index in [1.54, 1.807) is 11.3 Å². The van der Waals surface area contributed by atoms with Crippen molar-refractivity contribution in [2.24, 2.45) is 5.84 Å². The summed E-state index contributed by atoms with van der Waals surface area (Å²) in [7, 11) is 0. The normalized spacial score (nSPS) is 21.8. The molecular formula is C13H19N5OS. The van der Waals surface area contributed by atoms with Gasteiger partial charge in [0.15, 0.2) is 0 Å². The van der Waals surface area contributed by atoms with Gasteiger partial charge in [0.2, 0.25) is 5.95 Å². The van der Waals surface area contributed by atoms with Gasteiger partial charge in [0, 0.05) is 17.5 Å². The summed E-state index contributed by atoms with van der Waals surface area (Å²) in [6.45, 7) is 4.88. The van der Waals surface area contributed by atoms with Crippen molar-refractivity contribution in [2.45, 2.75) is 38.8 Å². The number of nitrogens with one attached hydrogen (secondary N) is 2. The highest BCUT2D eigenvalue weighted by Crippen LogP contribution is 2.32. The van der Waals surface area contributed by atoms with E-state index >= 15 is 0 Å². The lowest BCUT2D eigenvalue weighted by Crippen LogP contribution is -2.41. The fourth-order valence-electron chi connectivity index (χ4n) is 2.47. The highest BCUT2D eigenvalue weighted by molar-refractivity contribution is 7.18. The number of anilines is 2. The SMILES string of the molecule is CCOC1CC(Nc2nc(NN)nc3sc(C)cc23)C1. The number of aromatic nitrogens is 2. The molecule has 0 radical (unpaired) electrons. The highest BCUT2D eigenvalue weighted by atomic mass is 32.1. The van der Waals surface area contributed by atoms with Crippen LogP contribution in [0, 0.1) is 6.92 Å². The van der Waals surface area contributed by atoms with E-state index in [1.807, 2.05) is 6.92 Å². The Morgan fingerprint density at radius 2 is 2.25 bits per heavy atom. The van der Waals surface area contributed by atoms with Gasteiger partial charge in [0.25, 0.3) is 0 Å². The first kappa shape index (κ1) is 13.5. The smallest absolute Gasteiger partial charge is 0.240 e. The van der Waals surface area contributed by atoms with Crippen molar-refractivity contribution in [3.8, 4) is 0 Å². The zero-order chi connectivity index (χ0) is 14.1. The van der Waals surface area contributed by atoms with Crippen LogP contribution in [0.5, 0.6) is 0 Å². The Hall–Kier alpha value is -1.44. The Kier molecular flexibility index (Phi) is 3.73. The van der Waals surface area contributed by atoms with Gasteiger partial charge in [-0.1, -0.05) is 0 Å². The molecule has 1 saturated carbocycles. The number of nitrogens with zero attached hydrogens (tertiary/aromatic N) is 2. The van der Waals surface area contributed by atoms with Crippen molar-refractivity contribution in [1.29, 1.82) is 0 Å². The summed E-state index contributed by atoms with van der Waals surface area (Å²) in [4.78, 5) is 11.0. The average molecular weight is 293 g/mol. The first-order valence-corrected chi connectivity index (χ1v) is 7.64. The highest BCUT2D eigenvalue weighted by Gasteiger charge is 2.30. The van der Waals surface area contributed by atoms with Crippen LogP contribution in [0.15, 0.2) is 6.07 Å². The quantitative estimate of drug-likeness (QED) is 0.579. The summed E-state index contributed by atoms with van der Waals surface area (Å²) in [5.41, 5.74) is 2.53. The molecule has 6 nitrogen and oxygen atoms in total. The summed E-state index contributed by atoms with van der Waals surface area (Å²) < 4.78 is 5.58. The lowest BCUT2D eigenvalue weighted by Gasteiger charge is -2.35. The number of hydrogen-bond donors (Lipinski definition) is 3. The van der Waals surface area contributed by atoms with Crippen molar-refractivity contribution >= 4 is 33.3 Å². The van der Waals surface area contributed by atoms with E-state index in [4.69, 9.17) is 10.6 Å². The molecule has 0 unspecified atom stereocenters. The molecule has 2 aromatic rings. The standard InChI is InChI=1S/C13H19N5OS/c1-3-19-9-5-8(6-9)15-11-10-4-7(2)20-12(10)17-13(16-11)18-14/h4,8-9H,3,5-6,14H2,1-2H3,(H2,15,16,17,18). The number of aryl methyl sites for hydroxylation is 1.